The summed E-state index contributed by atoms with van der Waals surface area (Å²) in [6, 6.07) is 19.8. The summed E-state index contributed by atoms with van der Waals surface area (Å²) in [6.07, 6.45) is 1.71. The van der Waals surface area contributed by atoms with Gasteiger partial charge in [-0.2, -0.15) is 5.10 Å². The number of aromatic hydroxyl groups is 1. The van der Waals surface area contributed by atoms with Crippen molar-refractivity contribution in [2.24, 2.45) is 10.1 Å². The molecule has 0 aliphatic heterocycles. The van der Waals surface area contributed by atoms with E-state index < -0.39 is 0 Å². The third kappa shape index (κ3) is 4.04. The van der Waals surface area contributed by atoms with Gasteiger partial charge in [-0.05, 0) is 36.8 Å². The molecule has 0 amide bonds. The molecule has 0 saturated carbocycles. The van der Waals surface area contributed by atoms with Gasteiger partial charge in [0.15, 0.2) is 0 Å². The lowest BCUT2D eigenvalue weighted by molar-refractivity contribution is 0.475. The van der Waals surface area contributed by atoms with E-state index in [4.69, 9.17) is 10.1 Å². The summed E-state index contributed by atoms with van der Waals surface area (Å²) in [5.41, 5.74) is 2.67. The molecule has 0 aliphatic rings. The highest BCUT2D eigenvalue weighted by molar-refractivity contribution is 9.10. The van der Waals surface area contributed by atoms with E-state index >= 15 is 0 Å². The molecule has 3 aromatic carbocycles. The van der Waals surface area contributed by atoms with Crippen LogP contribution in [-0.4, -0.2) is 22.0 Å². The van der Waals surface area contributed by atoms with Crippen LogP contribution in [0.25, 0.3) is 22.0 Å². The molecule has 29 heavy (non-hydrogen) atoms. The zero-order valence-corrected chi connectivity index (χ0v) is 18.5. The molecule has 6 heteroatoms. The number of aromatic nitrogens is 1. The van der Waals surface area contributed by atoms with E-state index in [-0.39, 0.29) is 11.8 Å². The van der Waals surface area contributed by atoms with E-state index in [9.17, 15) is 5.11 Å². The Morgan fingerprint density at radius 2 is 1.79 bits per heavy atom. The lowest BCUT2D eigenvalue weighted by Gasteiger charge is -2.08. The Hall–Kier alpha value is -2.70. The maximum atomic E-state index is 10.5. The molecule has 0 aliphatic carbocycles. The molecule has 1 heterocycles. The molecule has 146 valence electrons. The second-order valence-corrected chi connectivity index (χ2v) is 8.57. The van der Waals surface area contributed by atoms with Crippen molar-refractivity contribution in [3.05, 3.63) is 80.9 Å². The molecule has 0 atom stereocenters. The van der Waals surface area contributed by atoms with Gasteiger partial charge in [0.2, 0.25) is 4.80 Å². The summed E-state index contributed by atoms with van der Waals surface area (Å²) < 4.78 is 2.83. The molecule has 1 aromatic heterocycles. The van der Waals surface area contributed by atoms with Crippen LogP contribution in [0.2, 0.25) is 0 Å². The third-order valence-corrected chi connectivity index (χ3v) is 5.98. The number of thiazole rings is 1. The lowest BCUT2D eigenvalue weighted by Crippen LogP contribution is -2.14. The van der Waals surface area contributed by atoms with Crippen molar-refractivity contribution in [3.63, 3.8) is 0 Å². The first-order valence-corrected chi connectivity index (χ1v) is 11.0. The molecule has 0 fully saturated rings. The number of benzene rings is 3. The van der Waals surface area contributed by atoms with E-state index in [1.54, 1.807) is 23.6 Å². The average molecular weight is 466 g/mol. The van der Waals surface area contributed by atoms with Crippen LogP contribution in [0.4, 0.5) is 0 Å². The summed E-state index contributed by atoms with van der Waals surface area (Å²) in [5, 5.41) is 19.3. The van der Waals surface area contributed by atoms with Crippen molar-refractivity contribution in [1.29, 1.82) is 0 Å². The van der Waals surface area contributed by atoms with Crippen LogP contribution < -0.4 is 4.80 Å². The Balaban J connectivity index is 1.91. The Labute approximate surface area is 181 Å². The first-order chi connectivity index (χ1) is 14.0. The largest absolute Gasteiger partial charge is 0.507 e. The van der Waals surface area contributed by atoms with Crippen molar-refractivity contribution >= 4 is 44.3 Å². The van der Waals surface area contributed by atoms with Gasteiger partial charge < -0.3 is 5.11 Å². The lowest BCUT2D eigenvalue weighted by atomic mass is 10.0. The van der Waals surface area contributed by atoms with Crippen molar-refractivity contribution in [3.8, 4) is 17.0 Å². The average Bonchev–Trinajstić information content (AvgIpc) is 3.09. The zero-order valence-electron chi connectivity index (χ0n) is 16.1. The van der Waals surface area contributed by atoms with Gasteiger partial charge >= 0.3 is 0 Å². The second kappa shape index (κ2) is 8.35. The number of rotatable bonds is 4. The highest BCUT2D eigenvalue weighted by atomic mass is 79.9. The van der Waals surface area contributed by atoms with Crippen LogP contribution in [0.1, 0.15) is 19.4 Å². The number of phenolic OH excluding ortho intramolecular Hbond substituents is 1. The minimum Gasteiger partial charge on any atom is -0.507 e. The number of hydrogen-bond acceptors (Lipinski definition) is 4. The fourth-order valence-corrected chi connectivity index (χ4v) is 4.56. The van der Waals surface area contributed by atoms with Gasteiger partial charge in [0.05, 0.1) is 11.9 Å². The van der Waals surface area contributed by atoms with Crippen molar-refractivity contribution in [2.45, 2.75) is 19.9 Å². The quantitative estimate of drug-likeness (QED) is 0.367. The van der Waals surface area contributed by atoms with Crippen molar-refractivity contribution in [2.75, 3.05) is 0 Å². The molecule has 1 N–H and O–H groups in total. The highest BCUT2D eigenvalue weighted by Crippen LogP contribution is 2.29. The molecular formula is C23H20BrN3OS. The van der Waals surface area contributed by atoms with Crippen LogP contribution >= 0.6 is 27.3 Å². The molecule has 0 saturated heterocycles. The van der Waals surface area contributed by atoms with Gasteiger partial charge in [0.1, 0.15) is 5.75 Å². The molecule has 0 unspecified atom stereocenters. The summed E-state index contributed by atoms with van der Waals surface area (Å²) in [5.74, 6) is 0.202. The highest BCUT2D eigenvalue weighted by Gasteiger charge is 2.11. The summed E-state index contributed by atoms with van der Waals surface area (Å²) >= 11 is 5.19. The smallest absolute Gasteiger partial charge is 0.206 e. The monoisotopic (exact) mass is 465 g/mol. The van der Waals surface area contributed by atoms with Crippen LogP contribution in [0.15, 0.2) is 80.6 Å². The van der Waals surface area contributed by atoms with Gasteiger partial charge in [0.25, 0.3) is 0 Å². The Morgan fingerprint density at radius 3 is 2.59 bits per heavy atom. The zero-order chi connectivity index (χ0) is 20.4. The van der Waals surface area contributed by atoms with E-state index in [0.717, 1.165) is 31.3 Å². The van der Waals surface area contributed by atoms with Crippen LogP contribution in [0.5, 0.6) is 5.75 Å². The number of fused-ring (bicyclic) bond motifs is 1. The number of halogens is 1. The van der Waals surface area contributed by atoms with Crippen LogP contribution in [0, 0.1) is 0 Å². The number of hydrogen-bond donors (Lipinski definition) is 1. The van der Waals surface area contributed by atoms with Crippen molar-refractivity contribution < 1.29 is 5.11 Å². The molecule has 0 spiro atoms. The predicted octanol–water partition coefficient (Wildman–Crippen LogP) is 6.03. The van der Waals surface area contributed by atoms with Gasteiger partial charge in [-0.1, -0.05) is 64.5 Å². The van der Waals surface area contributed by atoms with Crippen molar-refractivity contribution in [1.82, 2.24) is 4.68 Å². The molecular weight excluding hydrogens is 446 g/mol. The van der Waals surface area contributed by atoms with E-state index in [0.29, 0.717) is 5.56 Å². The Morgan fingerprint density at radius 1 is 1.03 bits per heavy atom. The number of phenols is 1. The second-order valence-electron chi connectivity index (χ2n) is 6.88. The fraction of sp³-hybridized carbons (Fsp3) is 0.130. The first kappa shape index (κ1) is 19.6. The van der Waals surface area contributed by atoms with Gasteiger partial charge in [0, 0.05) is 27.0 Å². The molecule has 4 rings (SSSR count). The summed E-state index contributed by atoms with van der Waals surface area (Å²) in [7, 11) is 0. The van der Waals surface area contributed by atoms with E-state index in [1.165, 1.54) is 0 Å². The Bertz CT molecular complexity index is 1270. The molecule has 0 bridgehead atoms. The first-order valence-electron chi connectivity index (χ1n) is 9.29. The third-order valence-electron chi connectivity index (χ3n) is 4.45. The minimum atomic E-state index is 0.146. The minimum absolute atomic E-state index is 0.146. The molecule has 4 nitrogen and oxygen atoms in total. The maximum absolute atomic E-state index is 10.5. The number of nitrogens with zero attached hydrogens (tertiary/aromatic N) is 3. The van der Waals surface area contributed by atoms with E-state index in [2.05, 4.69) is 21.3 Å². The van der Waals surface area contributed by atoms with Crippen LogP contribution in [0.3, 0.4) is 0 Å². The summed E-state index contributed by atoms with van der Waals surface area (Å²) in [6.45, 7) is 4.09. The Kier molecular flexibility index (Phi) is 5.65. The summed E-state index contributed by atoms with van der Waals surface area (Å²) in [4.78, 5) is 5.53. The van der Waals surface area contributed by atoms with Crippen LogP contribution in [-0.2, 0) is 0 Å². The SMILES string of the molecule is CC(C)N=c1scc(-c2ccccc2Br)n1N=Cc1c(O)ccc2ccccc12. The predicted molar refractivity (Wildman–Crippen MR) is 125 cm³/mol. The van der Waals surface area contributed by atoms with Gasteiger partial charge in [-0.25, -0.2) is 4.68 Å². The van der Waals surface area contributed by atoms with Gasteiger partial charge in [-0.3, -0.25) is 4.99 Å². The fourth-order valence-electron chi connectivity index (χ4n) is 3.11. The normalized spacial score (nSPS) is 12.5. The maximum Gasteiger partial charge on any atom is 0.206 e. The molecule has 4 aromatic rings. The standard InChI is InChI=1S/C23H20BrN3OS/c1-15(2)26-23-27(21(14-29-23)18-9-5-6-10-20(18)24)25-13-19-17-8-4-3-7-16(17)11-12-22(19)28/h3-15,28H,1-2H3. The topological polar surface area (TPSA) is 49.9 Å². The molecule has 0 radical (unpaired) electrons. The van der Waals surface area contributed by atoms with E-state index in [1.807, 2.05) is 73.1 Å². The van der Waals surface area contributed by atoms with Gasteiger partial charge in [-0.15, -0.1) is 11.3 Å².